The van der Waals surface area contributed by atoms with Crippen molar-refractivity contribution in [2.24, 2.45) is 5.92 Å². The molecule has 5 nitrogen and oxygen atoms in total. The number of nitrogens with one attached hydrogen (secondary N) is 1. The molecule has 2 heterocycles. The van der Waals surface area contributed by atoms with Crippen molar-refractivity contribution in [3.05, 3.63) is 47.9 Å². The number of piperidine rings is 1. The van der Waals surface area contributed by atoms with Gasteiger partial charge in [-0.05, 0) is 55.2 Å². The first-order valence-electron chi connectivity index (χ1n) is 7.77. The molecule has 1 saturated heterocycles. The van der Waals surface area contributed by atoms with E-state index in [0.29, 0.717) is 5.69 Å². The first kappa shape index (κ1) is 15.4. The summed E-state index contributed by atoms with van der Waals surface area (Å²) in [6.45, 7) is 4.19. The molecule has 0 atom stereocenters. The summed E-state index contributed by atoms with van der Waals surface area (Å²) in [5.74, 6) is 0.848. The molecule has 0 spiro atoms. The third kappa shape index (κ3) is 3.83. The van der Waals surface area contributed by atoms with Gasteiger partial charge in [0.15, 0.2) is 11.5 Å². The Morgan fingerprint density at radius 1 is 1.13 bits per heavy atom. The number of aromatic nitrogens is 2. The SMILES string of the molecule is CC1CCN(c2ccc(C(=O)Nc3ccc(F)cc3)nn2)CC1. The first-order valence-corrected chi connectivity index (χ1v) is 7.77. The molecule has 1 fully saturated rings. The minimum absolute atomic E-state index is 0.239. The van der Waals surface area contributed by atoms with Crippen LogP contribution in [0.15, 0.2) is 36.4 Å². The number of halogens is 1. The van der Waals surface area contributed by atoms with Crippen LogP contribution in [0.4, 0.5) is 15.9 Å². The fourth-order valence-corrected chi connectivity index (χ4v) is 2.58. The molecular weight excluding hydrogens is 295 g/mol. The smallest absolute Gasteiger partial charge is 0.276 e. The predicted octanol–water partition coefficient (Wildman–Crippen LogP) is 3.10. The highest BCUT2D eigenvalue weighted by Crippen LogP contribution is 2.20. The maximum Gasteiger partial charge on any atom is 0.276 e. The number of carbonyl (C=O) groups excluding carboxylic acids is 1. The maximum atomic E-state index is 12.9. The predicted molar refractivity (Wildman–Crippen MR) is 87.0 cm³/mol. The van der Waals surface area contributed by atoms with Crippen molar-refractivity contribution in [3.8, 4) is 0 Å². The van der Waals surface area contributed by atoms with Gasteiger partial charge in [0, 0.05) is 18.8 Å². The Morgan fingerprint density at radius 3 is 2.43 bits per heavy atom. The average Bonchev–Trinajstić information content (AvgIpc) is 2.58. The molecule has 23 heavy (non-hydrogen) atoms. The maximum absolute atomic E-state index is 12.9. The van der Waals surface area contributed by atoms with E-state index in [4.69, 9.17) is 0 Å². The van der Waals surface area contributed by atoms with E-state index >= 15 is 0 Å². The van der Waals surface area contributed by atoms with E-state index in [0.717, 1.165) is 37.7 Å². The summed E-state index contributed by atoms with van der Waals surface area (Å²) in [5.41, 5.74) is 0.760. The molecular formula is C17H19FN4O. The Kier molecular flexibility index (Phi) is 4.50. The van der Waals surface area contributed by atoms with Crippen LogP contribution in [-0.2, 0) is 0 Å². The summed E-state index contributed by atoms with van der Waals surface area (Å²) in [6, 6.07) is 9.08. The zero-order chi connectivity index (χ0) is 16.2. The van der Waals surface area contributed by atoms with E-state index in [1.54, 1.807) is 6.07 Å². The van der Waals surface area contributed by atoms with Gasteiger partial charge >= 0.3 is 0 Å². The van der Waals surface area contributed by atoms with Gasteiger partial charge in [-0.3, -0.25) is 4.79 Å². The highest BCUT2D eigenvalue weighted by Gasteiger charge is 2.18. The highest BCUT2D eigenvalue weighted by atomic mass is 19.1. The van der Waals surface area contributed by atoms with Crippen LogP contribution in [0.5, 0.6) is 0 Å². The van der Waals surface area contributed by atoms with Gasteiger partial charge in [-0.2, -0.15) is 0 Å². The van der Waals surface area contributed by atoms with Crippen LogP contribution in [0.3, 0.4) is 0 Å². The molecule has 1 N–H and O–H groups in total. The van der Waals surface area contributed by atoms with Gasteiger partial charge in [0.1, 0.15) is 5.82 Å². The molecule has 0 bridgehead atoms. The largest absolute Gasteiger partial charge is 0.355 e. The van der Waals surface area contributed by atoms with Crippen molar-refractivity contribution in [3.63, 3.8) is 0 Å². The van der Waals surface area contributed by atoms with E-state index < -0.39 is 0 Å². The number of anilines is 2. The molecule has 1 aliphatic heterocycles. The van der Waals surface area contributed by atoms with Gasteiger partial charge in [0.25, 0.3) is 5.91 Å². The van der Waals surface area contributed by atoms with E-state index in [-0.39, 0.29) is 17.4 Å². The minimum Gasteiger partial charge on any atom is -0.355 e. The van der Waals surface area contributed by atoms with E-state index in [2.05, 4.69) is 27.3 Å². The molecule has 3 rings (SSSR count). The lowest BCUT2D eigenvalue weighted by molar-refractivity contribution is 0.102. The van der Waals surface area contributed by atoms with Gasteiger partial charge in [0.05, 0.1) is 0 Å². The van der Waals surface area contributed by atoms with Crippen molar-refractivity contribution >= 4 is 17.4 Å². The number of hydrogen-bond acceptors (Lipinski definition) is 4. The molecule has 120 valence electrons. The quantitative estimate of drug-likeness (QED) is 0.946. The lowest BCUT2D eigenvalue weighted by Gasteiger charge is -2.30. The minimum atomic E-state index is -0.358. The number of benzene rings is 1. The Hall–Kier alpha value is -2.50. The van der Waals surface area contributed by atoms with Gasteiger partial charge < -0.3 is 10.2 Å². The van der Waals surface area contributed by atoms with Crippen LogP contribution in [0.2, 0.25) is 0 Å². The summed E-state index contributed by atoms with van der Waals surface area (Å²) < 4.78 is 12.9. The Labute approximate surface area is 134 Å². The van der Waals surface area contributed by atoms with Crippen LogP contribution in [-0.4, -0.2) is 29.2 Å². The van der Waals surface area contributed by atoms with Gasteiger partial charge in [0.2, 0.25) is 0 Å². The van der Waals surface area contributed by atoms with Crippen molar-refractivity contribution < 1.29 is 9.18 Å². The molecule has 0 radical (unpaired) electrons. The van der Waals surface area contributed by atoms with Crippen LogP contribution < -0.4 is 10.2 Å². The second kappa shape index (κ2) is 6.73. The summed E-state index contributed by atoms with van der Waals surface area (Å²) >= 11 is 0. The van der Waals surface area contributed by atoms with Gasteiger partial charge in [-0.25, -0.2) is 4.39 Å². The molecule has 0 aliphatic carbocycles. The molecule has 0 unspecified atom stereocenters. The zero-order valence-electron chi connectivity index (χ0n) is 13.0. The standard InChI is InChI=1S/C17H19FN4O/c1-12-8-10-22(11-9-12)16-7-6-15(20-21-16)17(23)19-14-4-2-13(18)3-5-14/h2-7,12H,8-11H2,1H3,(H,19,23). The molecule has 2 aromatic rings. The summed E-state index contributed by atoms with van der Waals surface area (Å²) in [6.07, 6.45) is 2.29. The fourth-order valence-electron chi connectivity index (χ4n) is 2.58. The second-order valence-electron chi connectivity index (χ2n) is 5.91. The number of rotatable bonds is 3. The Balaban J connectivity index is 1.64. The van der Waals surface area contributed by atoms with Crippen molar-refractivity contribution in [1.29, 1.82) is 0 Å². The number of nitrogens with zero attached hydrogens (tertiary/aromatic N) is 3. The molecule has 6 heteroatoms. The molecule has 1 aromatic heterocycles. The lowest BCUT2D eigenvalue weighted by Crippen LogP contribution is -2.33. The van der Waals surface area contributed by atoms with E-state index in [9.17, 15) is 9.18 Å². The zero-order valence-corrected chi connectivity index (χ0v) is 13.0. The van der Waals surface area contributed by atoms with Crippen molar-refractivity contribution in [1.82, 2.24) is 10.2 Å². The summed E-state index contributed by atoms with van der Waals surface area (Å²) in [5, 5.41) is 10.8. The number of carbonyl (C=O) groups is 1. The highest BCUT2D eigenvalue weighted by molar-refractivity contribution is 6.02. The van der Waals surface area contributed by atoms with Crippen LogP contribution in [0.25, 0.3) is 0 Å². The number of amides is 1. The van der Waals surface area contributed by atoms with Gasteiger partial charge in [-0.1, -0.05) is 6.92 Å². The first-order chi connectivity index (χ1) is 11.1. The third-order valence-electron chi connectivity index (χ3n) is 4.09. The Bertz CT molecular complexity index is 664. The topological polar surface area (TPSA) is 58.1 Å². The monoisotopic (exact) mass is 314 g/mol. The third-order valence-corrected chi connectivity index (χ3v) is 4.09. The molecule has 1 amide bonds. The van der Waals surface area contributed by atoms with Crippen LogP contribution in [0.1, 0.15) is 30.3 Å². The molecule has 1 aromatic carbocycles. The average molecular weight is 314 g/mol. The summed E-state index contributed by atoms with van der Waals surface area (Å²) in [7, 11) is 0. The van der Waals surface area contributed by atoms with Crippen LogP contribution >= 0.6 is 0 Å². The fraction of sp³-hybridized carbons (Fsp3) is 0.353. The normalized spacial score (nSPS) is 15.5. The lowest BCUT2D eigenvalue weighted by atomic mass is 9.99. The van der Waals surface area contributed by atoms with Crippen molar-refractivity contribution in [2.45, 2.75) is 19.8 Å². The Morgan fingerprint density at radius 2 is 1.83 bits per heavy atom. The molecule has 0 saturated carbocycles. The van der Waals surface area contributed by atoms with Crippen LogP contribution in [0, 0.1) is 11.7 Å². The second-order valence-corrected chi connectivity index (χ2v) is 5.91. The van der Waals surface area contributed by atoms with E-state index in [1.807, 2.05) is 6.07 Å². The van der Waals surface area contributed by atoms with Crippen molar-refractivity contribution in [2.75, 3.05) is 23.3 Å². The van der Waals surface area contributed by atoms with E-state index in [1.165, 1.54) is 24.3 Å². The van der Waals surface area contributed by atoms with Gasteiger partial charge in [-0.15, -0.1) is 10.2 Å². The summed E-state index contributed by atoms with van der Waals surface area (Å²) in [4.78, 5) is 14.3. The number of hydrogen-bond donors (Lipinski definition) is 1. The molecule has 1 aliphatic rings.